The van der Waals surface area contributed by atoms with Gasteiger partial charge in [-0.1, -0.05) is 12.1 Å². The lowest BCUT2D eigenvalue weighted by Crippen LogP contribution is -2.57. The van der Waals surface area contributed by atoms with Crippen LogP contribution in [0.15, 0.2) is 24.3 Å². The van der Waals surface area contributed by atoms with E-state index in [-0.39, 0.29) is 30.8 Å². The number of hydrogen-bond acceptors (Lipinski definition) is 3. The fraction of sp³-hybridized carbons (Fsp3) is 0.357. The minimum absolute atomic E-state index is 0.000288. The van der Waals surface area contributed by atoms with E-state index >= 15 is 0 Å². The first-order chi connectivity index (χ1) is 10.0. The Labute approximate surface area is 121 Å². The Bertz CT molecular complexity index is 610. The number of anilines is 2. The van der Waals surface area contributed by atoms with Gasteiger partial charge in [0.25, 0.3) is 0 Å². The SMILES string of the molecule is O=C(O)CC1CN(C(=O)N2CC(=O)Nc3ccccc32)C1. The first-order valence-corrected chi connectivity index (χ1v) is 6.71. The van der Waals surface area contributed by atoms with Gasteiger partial charge in [-0.3, -0.25) is 14.5 Å². The molecule has 2 N–H and O–H groups in total. The average molecular weight is 289 g/mol. The van der Waals surface area contributed by atoms with E-state index in [0.717, 1.165) is 0 Å². The lowest BCUT2D eigenvalue weighted by atomic mass is 9.97. The number of fused-ring (bicyclic) bond motifs is 1. The van der Waals surface area contributed by atoms with E-state index in [1.54, 1.807) is 29.2 Å². The van der Waals surface area contributed by atoms with E-state index in [4.69, 9.17) is 5.11 Å². The van der Waals surface area contributed by atoms with Gasteiger partial charge in [0.15, 0.2) is 0 Å². The molecular formula is C14H15N3O4. The fourth-order valence-corrected chi connectivity index (χ4v) is 2.68. The first kappa shape index (κ1) is 13.4. The van der Waals surface area contributed by atoms with Gasteiger partial charge in [-0.15, -0.1) is 0 Å². The van der Waals surface area contributed by atoms with Crippen molar-refractivity contribution in [2.24, 2.45) is 5.92 Å². The van der Waals surface area contributed by atoms with Crippen LogP contribution in [0.1, 0.15) is 6.42 Å². The summed E-state index contributed by atoms with van der Waals surface area (Å²) in [6.45, 7) is 0.826. The van der Waals surface area contributed by atoms with E-state index in [9.17, 15) is 14.4 Å². The van der Waals surface area contributed by atoms with E-state index in [1.807, 2.05) is 0 Å². The molecule has 1 saturated heterocycles. The number of para-hydroxylation sites is 2. The highest BCUT2D eigenvalue weighted by molar-refractivity contribution is 6.09. The largest absolute Gasteiger partial charge is 0.481 e. The van der Waals surface area contributed by atoms with Crippen molar-refractivity contribution >= 4 is 29.3 Å². The van der Waals surface area contributed by atoms with Crippen LogP contribution < -0.4 is 10.2 Å². The molecule has 2 aliphatic rings. The van der Waals surface area contributed by atoms with Gasteiger partial charge in [-0.25, -0.2) is 4.79 Å². The second-order valence-corrected chi connectivity index (χ2v) is 5.30. The third kappa shape index (κ3) is 2.54. The number of carbonyl (C=O) groups is 3. The maximum atomic E-state index is 12.4. The number of nitrogens with zero attached hydrogens (tertiary/aromatic N) is 2. The summed E-state index contributed by atoms with van der Waals surface area (Å²) in [5.74, 6) is -1.08. The highest BCUT2D eigenvalue weighted by atomic mass is 16.4. The number of hydrogen-bond donors (Lipinski definition) is 2. The molecule has 0 aromatic heterocycles. The van der Waals surface area contributed by atoms with Gasteiger partial charge in [0.05, 0.1) is 17.8 Å². The predicted octanol–water partition coefficient (Wildman–Crippen LogP) is 0.972. The number of aliphatic carboxylic acids is 1. The number of carboxylic acids is 1. The Morgan fingerprint density at radius 3 is 2.71 bits per heavy atom. The number of urea groups is 1. The maximum absolute atomic E-state index is 12.4. The van der Waals surface area contributed by atoms with Crippen LogP contribution in [-0.4, -0.2) is 47.5 Å². The van der Waals surface area contributed by atoms with Crippen LogP contribution in [0.3, 0.4) is 0 Å². The highest BCUT2D eigenvalue weighted by Crippen LogP contribution is 2.31. The Kier molecular flexibility index (Phi) is 3.25. The van der Waals surface area contributed by atoms with Gasteiger partial charge in [0, 0.05) is 19.0 Å². The molecule has 3 rings (SSSR count). The molecule has 0 aliphatic carbocycles. The quantitative estimate of drug-likeness (QED) is 0.849. The van der Waals surface area contributed by atoms with E-state index in [0.29, 0.717) is 24.5 Å². The fourth-order valence-electron chi connectivity index (χ4n) is 2.68. The van der Waals surface area contributed by atoms with Crippen LogP contribution in [-0.2, 0) is 9.59 Å². The molecule has 0 atom stereocenters. The number of carboxylic acid groups (broad SMARTS) is 1. The second-order valence-electron chi connectivity index (χ2n) is 5.30. The summed E-state index contributed by atoms with van der Waals surface area (Å²) in [6, 6.07) is 6.87. The smallest absolute Gasteiger partial charge is 0.325 e. The molecule has 0 radical (unpaired) electrons. The third-order valence-electron chi connectivity index (χ3n) is 3.69. The summed E-state index contributed by atoms with van der Waals surface area (Å²) in [6.07, 6.45) is 0.0703. The summed E-state index contributed by atoms with van der Waals surface area (Å²) in [5.41, 5.74) is 1.29. The van der Waals surface area contributed by atoms with Crippen molar-refractivity contribution in [1.29, 1.82) is 0 Å². The first-order valence-electron chi connectivity index (χ1n) is 6.71. The molecule has 0 spiro atoms. The van der Waals surface area contributed by atoms with Crippen LogP contribution in [0.2, 0.25) is 0 Å². The van der Waals surface area contributed by atoms with Gasteiger partial charge in [0.1, 0.15) is 6.54 Å². The lowest BCUT2D eigenvalue weighted by molar-refractivity contribution is -0.139. The predicted molar refractivity (Wildman–Crippen MR) is 75.1 cm³/mol. The van der Waals surface area contributed by atoms with Crippen LogP contribution >= 0.6 is 0 Å². The molecule has 2 heterocycles. The minimum atomic E-state index is -0.852. The number of amides is 3. The molecule has 1 aromatic rings. The Hall–Kier alpha value is -2.57. The zero-order valence-corrected chi connectivity index (χ0v) is 11.3. The van der Waals surface area contributed by atoms with Crippen LogP contribution in [0.25, 0.3) is 0 Å². The summed E-state index contributed by atoms with van der Waals surface area (Å²) in [5, 5.41) is 11.4. The monoisotopic (exact) mass is 289 g/mol. The zero-order valence-electron chi connectivity index (χ0n) is 11.3. The molecule has 7 heteroatoms. The van der Waals surface area contributed by atoms with Crippen LogP contribution in [0, 0.1) is 5.92 Å². The van der Waals surface area contributed by atoms with E-state index in [2.05, 4.69) is 5.32 Å². The molecule has 1 aromatic carbocycles. The van der Waals surface area contributed by atoms with Crippen molar-refractivity contribution in [3.63, 3.8) is 0 Å². The Morgan fingerprint density at radius 2 is 2.00 bits per heavy atom. The topological polar surface area (TPSA) is 90.0 Å². The van der Waals surface area contributed by atoms with Gasteiger partial charge in [-0.2, -0.15) is 0 Å². The van der Waals surface area contributed by atoms with Gasteiger partial charge < -0.3 is 15.3 Å². The summed E-state index contributed by atoms with van der Waals surface area (Å²) >= 11 is 0. The number of carbonyl (C=O) groups excluding carboxylic acids is 2. The summed E-state index contributed by atoms with van der Waals surface area (Å²) < 4.78 is 0. The van der Waals surface area contributed by atoms with E-state index < -0.39 is 5.97 Å². The lowest BCUT2D eigenvalue weighted by Gasteiger charge is -2.42. The molecule has 2 aliphatic heterocycles. The van der Waals surface area contributed by atoms with Crippen LogP contribution in [0.5, 0.6) is 0 Å². The molecule has 1 fully saturated rings. The molecular weight excluding hydrogens is 274 g/mol. The number of nitrogens with one attached hydrogen (secondary N) is 1. The molecule has 7 nitrogen and oxygen atoms in total. The molecule has 0 bridgehead atoms. The molecule has 0 saturated carbocycles. The van der Waals surface area contributed by atoms with Crippen LogP contribution in [0.4, 0.5) is 16.2 Å². The number of benzene rings is 1. The molecule has 21 heavy (non-hydrogen) atoms. The standard InChI is InChI=1S/C14H15N3O4/c18-12-8-17(11-4-2-1-3-10(11)15-12)14(21)16-6-9(7-16)5-13(19)20/h1-4,9H,5-8H2,(H,15,18)(H,19,20). The van der Waals surface area contributed by atoms with Crippen molar-refractivity contribution in [3.8, 4) is 0 Å². The van der Waals surface area contributed by atoms with E-state index in [1.165, 1.54) is 4.90 Å². The average Bonchev–Trinajstić information content (AvgIpc) is 2.40. The highest BCUT2D eigenvalue weighted by Gasteiger charge is 2.37. The summed E-state index contributed by atoms with van der Waals surface area (Å²) in [7, 11) is 0. The zero-order chi connectivity index (χ0) is 15.0. The van der Waals surface area contributed by atoms with Crippen molar-refractivity contribution in [2.45, 2.75) is 6.42 Å². The number of likely N-dealkylation sites (tertiary alicyclic amines) is 1. The van der Waals surface area contributed by atoms with Gasteiger partial charge in [-0.05, 0) is 12.1 Å². The number of rotatable bonds is 2. The second kappa shape index (κ2) is 5.08. The van der Waals surface area contributed by atoms with Gasteiger partial charge >= 0.3 is 12.0 Å². The Morgan fingerprint density at radius 1 is 1.29 bits per heavy atom. The van der Waals surface area contributed by atoms with Crippen molar-refractivity contribution in [3.05, 3.63) is 24.3 Å². The molecule has 110 valence electrons. The normalized spacial score (nSPS) is 17.8. The Balaban J connectivity index is 1.72. The van der Waals surface area contributed by atoms with Crippen molar-refractivity contribution in [1.82, 2.24) is 4.90 Å². The van der Waals surface area contributed by atoms with Crippen molar-refractivity contribution < 1.29 is 19.5 Å². The third-order valence-corrected chi connectivity index (χ3v) is 3.69. The molecule has 3 amide bonds. The van der Waals surface area contributed by atoms with Gasteiger partial charge in [0.2, 0.25) is 5.91 Å². The maximum Gasteiger partial charge on any atom is 0.325 e. The minimum Gasteiger partial charge on any atom is -0.481 e. The van der Waals surface area contributed by atoms with Crippen molar-refractivity contribution in [2.75, 3.05) is 29.9 Å². The molecule has 0 unspecified atom stereocenters. The summed E-state index contributed by atoms with van der Waals surface area (Å²) in [4.78, 5) is 37.8.